The lowest BCUT2D eigenvalue weighted by Crippen LogP contribution is -2.48. The van der Waals surface area contributed by atoms with Crippen LogP contribution in [0.2, 0.25) is 37.3 Å². The fraction of sp³-hybridized carbons (Fsp3) is 0.922. The van der Waals surface area contributed by atoms with Crippen LogP contribution in [0.1, 0.15) is 251 Å². The minimum Gasteiger partial charge on any atom is -0.481 e. The molecule has 0 fully saturated rings. The molecule has 0 amide bonds. The summed E-state index contributed by atoms with van der Waals surface area (Å²) < 4.78 is 7.47. The Morgan fingerprint density at radius 3 is 0.950 bits per heavy atom. The third-order valence-electron chi connectivity index (χ3n) is 13.2. The van der Waals surface area contributed by atoms with E-state index in [2.05, 4.69) is 26.9 Å². The van der Waals surface area contributed by atoms with E-state index in [1.165, 1.54) is 193 Å². The van der Waals surface area contributed by atoms with Crippen molar-refractivity contribution in [2.75, 3.05) is 0 Å². The van der Waals surface area contributed by atoms with Crippen molar-refractivity contribution in [3.63, 3.8) is 0 Å². The van der Waals surface area contributed by atoms with E-state index < -0.39 is 46.4 Å². The van der Waals surface area contributed by atoms with Crippen molar-refractivity contribution >= 4 is 34.5 Å². The second-order valence-corrected chi connectivity index (χ2v) is 28.1. The monoisotopic (exact) mass is 881 g/mol. The molecular formula is C51H100O7Si2. The number of carbonyl (C=O) groups is 3. The van der Waals surface area contributed by atoms with Gasteiger partial charge in [0, 0.05) is 0 Å². The lowest BCUT2D eigenvalue weighted by atomic mass is 10.0. The lowest BCUT2D eigenvalue weighted by Gasteiger charge is -2.39. The lowest BCUT2D eigenvalue weighted by molar-refractivity contribution is -0.148. The number of rotatable bonds is 48. The van der Waals surface area contributed by atoms with E-state index >= 15 is 0 Å². The molecule has 2 radical (unpaired) electrons. The molecule has 0 saturated carbocycles. The van der Waals surface area contributed by atoms with E-state index in [0.717, 1.165) is 43.4 Å². The zero-order chi connectivity index (χ0) is 44.6. The molecule has 0 heterocycles. The molecule has 0 aromatic heterocycles. The largest absolute Gasteiger partial charge is 0.481 e. The van der Waals surface area contributed by atoms with Gasteiger partial charge in [-0.05, 0) is 57.0 Å². The molecule has 7 nitrogen and oxygen atoms in total. The molecule has 0 spiro atoms. The van der Waals surface area contributed by atoms with Crippen LogP contribution in [0.25, 0.3) is 0 Å². The minimum atomic E-state index is -2.27. The normalized spacial score (nSPS) is 14.8. The van der Waals surface area contributed by atoms with E-state index in [9.17, 15) is 29.7 Å². The summed E-state index contributed by atoms with van der Waals surface area (Å²) >= 11 is 0. The summed E-state index contributed by atoms with van der Waals surface area (Å²) in [6.07, 6.45) is 44.6. The van der Waals surface area contributed by atoms with Crippen LogP contribution in [-0.2, 0) is 18.5 Å². The maximum atomic E-state index is 11.9. The first-order valence-electron chi connectivity index (χ1n) is 26.0. The number of carboxylic acids is 3. The highest BCUT2D eigenvalue weighted by Crippen LogP contribution is 2.34. The van der Waals surface area contributed by atoms with Crippen molar-refractivity contribution in [3.05, 3.63) is 6.92 Å². The second-order valence-electron chi connectivity index (χ2n) is 19.5. The highest BCUT2D eigenvalue weighted by Gasteiger charge is 2.39. The number of aliphatic carboxylic acids is 3. The molecule has 0 aliphatic carbocycles. The van der Waals surface area contributed by atoms with Crippen molar-refractivity contribution in [1.29, 1.82) is 0 Å². The van der Waals surface area contributed by atoms with E-state index in [-0.39, 0.29) is 6.42 Å². The maximum absolute atomic E-state index is 11.9. The van der Waals surface area contributed by atoms with E-state index in [4.69, 9.17) is 11.0 Å². The molecule has 60 heavy (non-hydrogen) atoms. The predicted molar refractivity (Wildman–Crippen MR) is 260 cm³/mol. The van der Waals surface area contributed by atoms with Crippen LogP contribution in [0.4, 0.5) is 0 Å². The summed E-state index contributed by atoms with van der Waals surface area (Å²) in [5, 5.41) is 28.5. The van der Waals surface area contributed by atoms with Crippen LogP contribution in [0, 0.1) is 18.8 Å². The van der Waals surface area contributed by atoms with Gasteiger partial charge in [0.25, 0.3) is 0 Å². The quantitative estimate of drug-likeness (QED) is 0.0411. The summed E-state index contributed by atoms with van der Waals surface area (Å²) in [5.74, 6) is -4.77. The van der Waals surface area contributed by atoms with E-state index in [1.807, 2.05) is 0 Å². The first-order valence-corrected chi connectivity index (χ1v) is 31.7. The number of hydrogen-bond donors (Lipinski definition) is 3. The molecule has 0 aromatic carbocycles. The van der Waals surface area contributed by atoms with Gasteiger partial charge in [0.15, 0.2) is 16.6 Å². The van der Waals surface area contributed by atoms with Gasteiger partial charge in [-0.15, -0.1) is 0 Å². The first-order chi connectivity index (χ1) is 28.9. The Balaban J connectivity index is 5.05. The topological polar surface area (TPSA) is 121 Å². The standard InChI is InChI=1S/C51H100O7Si2/c1-6-8-10-12-14-16-18-20-22-24-26-28-30-32-34-36-42-59(4,44-38-40-47(3)50(54)55)58-60(5,45-39-41-48(51(56)57)46-49(52)53)43-37-35-33-31-29-27-25-23-21-19-17-15-13-11-9-7-2/h3,47-48H,6-46H2,1-2,4-5H3,(H,52,53)(H,54,55)(H,56,57). The minimum absolute atomic E-state index is 0.344. The van der Waals surface area contributed by atoms with Gasteiger partial charge < -0.3 is 19.4 Å². The van der Waals surface area contributed by atoms with Crippen LogP contribution in [-0.4, -0.2) is 49.9 Å². The molecule has 0 bridgehead atoms. The van der Waals surface area contributed by atoms with E-state index in [1.54, 1.807) is 0 Å². The molecule has 9 heteroatoms. The van der Waals surface area contributed by atoms with Crippen molar-refractivity contribution in [2.45, 2.75) is 289 Å². The Hall–Kier alpha value is -1.20. The van der Waals surface area contributed by atoms with Gasteiger partial charge >= 0.3 is 17.9 Å². The molecule has 0 aliphatic heterocycles. The first kappa shape index (κ1) is 58.8. The zero-order valence-corrected chi connectivity index (χ0v) is 42.2. The van der Waals surface area contributed by atoms with Gasteiger partial charge in [0.1, 0.15) is 0 Å². The number of hydrogen-bond acceptors (Lipinski definition) is 4. The van der Waals surface area contributed by atoms with Gasteiger partial charge in [0.05, 0.1) is 18.3 Å². The fourth-order valence-electron chi connectivity index (χ4n) is 9.21. The van der Waals surface area contributed by atoms with Crippen molar-refractivity contribution in [2.24, 2.45) is 11.8 Å². The van der Waals surface area contributed by atoms with Gasteiger partial charge in [-0.25, -0.2) is 0 Å². The summed E-state index contributed by atoms with van der Waals surface area (Å²) in [6.45, 7) is 15.2. The van der Waals surface area contributed by atoms with E-state index in [0.29, 0.717) is 19.3 Å². The Labute approximate surface area is 374 Å². The van der Waals surface area contributed by atoms with Crippen LogP contribution < -0.4 is 0 Å². The third kappa shape index (κ3) is 37.4. The Kier molecular flexibility index (Phi) is 39.8. The Morgan fingerprint density at radius 1 is 0.417 bits per heavy atom. The third-order valence-corrected chi connectivity index (χ3v) is 22.8. The molecule has 0 aliphatic rings. The molecule has 354 valence electrons. The molecule has 3 N–H and O–H groups in total. The smallest absolute Gasteiger partial charge is 0.307 e. The van der Waals surface area contributed by atoms with Crippen LogP contribution in [0.3, 0.4) is 0 Å². The summed E-state index contributed by atoms with van der Waals surface area (Å²) in [5.41, 5.74) is 0. The summed E-state index contributed by atoms with van der Waals surface area (Å²) in [4.78, 5) is 34.8. The molecule has 4 atom stereocenters. The average Bonchev–Trinajstić information content (AvgIpc) is 3.19. The van der Waals surface area contributed by atoms with Crippen molar-refractivity contribution < 1.29 is 33.8 Å². The maximum Gasteiger partial charge on any atom is 0.307 e. The molecule has 4 unspecified atom stereocenters. The fourth-order valence-corrected chi connectivity index (χ4v) is 20.0. The van der Waals surface area contributed by atoms with Crippen molar-refractivity contribution in [1.82, 2.24) is 0 Å². The molecular weight excluding hydrogens is 781 g/mol. The highest BCUT2D eigenvalue weighted by molar-refractivity contribution is 6.86. The second kappa shape index (κ2) is 40.6. The molecule has 0 aromatic rings. The number of unbranched alkanes of at least 4 members (excludes halogenated alkanes) is 30. The van der Waals surface area contributed by atoms with Gasteiger partial charge in [-0.1, -0.05) is 232 Å². The SMILES string of the molecule is [CH]C(CCC[Si](C)(CCCCCCCCCCCCCCCCCC)O[Si](C)(CCCCCCCCCCCCCCCCCC)CCCC(CC(=O)O)C(=O)O)C(=O)O. The Morgan fingerprint density at radius 2 is 0.683 bits per heavy atom. The summed E-state index contributed by atoms with van der Waals surface area (Å²) in [6, 6.07) is 3.83. The van der Waals surface area contributed by atoms with Crippen LogP contribution in [0.15, 0.2) is 0 Å². The average molecular weight is 882 g/mol. The van der Waals surface area contributed by atoms with Gasteiger partial charge in [-0.2, -0.15) is 0 Å². The van der Waals surface area contributed by atoms with Gasteiger partial charge in [-0.3, -0.25) is 14.4 Å². The van der Waals surface area contributed by atoms with Crippen LogP contribution in [0.5, 0.6) is 0 Å². The predicted octanol–water partition coefficient (Wildman–Crippen LogP) is 16.8. The number of carboxylic acid groups (broad SMARTS) is 3. The van der Waals surface area contributed by atoms with Gasteiger partial charge in [0.2, 0.25) is 0 Å². The van der Waals surface area contributed by atoms with Crippen LogP contribution >= 0.6 is 0 Å². The molecule has 0 rings (SSSR count). The molecule has 0 saturated heterocycles. The van der Waals surface area contributed by atoms with Crippen molar-refractivity contribution in [3.8, 4) is 0 Å². The highest BCUT2D eigenvalue weighted by atomic mass is 28.4. The zero-order valence-electron chi connectivity index (χ0n) is 40.2. The Bertz CT molecular complexity index is 1010. The summed E-state index contributed by atoms with van der Waals surface area (Å²) in [7, 11) is -4.50.